The van der Waals surface area contributed by atoms with Crippen molar-refractivity contribution in [2.45, 2.75) is 93.9 Å². The Kier molecular flexibility index (Phi) is 11.9. The number of rotatable bonds is 6. The topological polar surface area (TPSA) is 83.6 Å². The van der Waals surface area contributed by atoms with Crippen molar-refractivity contribution >= 4 is 38.8 Å². The van der Waals surface area contributed by atoms with Gasteiger partial charge in [0.05, 0.1) is 35.2 Å². The SMILES string of the molecule is C=S1(=O)NC(=O)c2ccc3c(c2)N(C[C@@H]2CC[C@H]2[C@@](CN2CCN4CCCC[C@@H]4C2)(OCCOC)/C=C/C[C@H](C)[C@H]1C)C[C@@]1(CCCc2cc(Cl)ccc21)CO3. The van der Waals surface area contributed by atoms with Gasteiger partial charge in [0.15, 0.2) is 0 Å². The molecule has 1 saturated carbocycles. The molecule has 1 spiro atoms. The fraction of sp³-hybridized carbons (Fsp3) is 0.644. The minimum Gasteiger partial charge on any atom is -0.490 e. The Bertz CT molecular complexity index is 1890. The summed E-state index contributed by atoms with van der Waals surface area (Å²) in [7, 11) is -1.23. The zero-order valence-electron chi connectivity index (χ0n) is 33.8. The number of carbonyl (C=O) groups excluding carboxylic acids is 1. The number of piperazine rings is 1. The first-order chi connectivity index (χ1) is 27.0. The van der Waals surface area contributed by atoms with Crippen molar-refractivity contribution < 1.29 is 23.2 Å². The van der Waals surface area contributed by atoms with Gasteiger partial charge in [0.2, 0.25) is 0 Å². The summed E-state index contributed by atoms with van der Waals surface area (Å²) >= 11 is 6.56. The minimum absolute atomic E-state index is 0.0180. The van der Waals surface area contributed by atoms with Crippen LogP contribution in [0.4, 0.5) is 5.69 Å². The van der Waals surface area contributed by atoms with E-state index in [1.807, 2.05) is 25.1 Å². The molecule has 11 heteroatoms. The Hall–Kier alpha value is -2.60. The van der Waals surface area contributed by atoms with Gasteiger partial charge in [-0.05, 0) is 130 Å². The molecule has 8 atom stereocenters. The Labute approximate surface area is 340 Å². The number of carbonyl (C=O) groups is 1. The van der Waals surface area contributed by atoms with Gasteiger partial charge in [0, 0.05) is 73.7 Å². The van der Waals surface area contributed by atoms with Gasteiger partial charge in [-0.1, -0.05) is 43.2 Å². The van der Waals surface area contributed by atoms with Crippen LogP contribution in [0.15, 0.2) is 48.6 Å². The molecule has 2 aromatic rings. The molecule has 56 heavy (non-hydrogen) atoms. The highest BCUT2D eigenvalue weighted by atomic mass is 35.5. The maximum atomic E-state index is 14.2. The van der Waals surface area contributed by atoms with Crippen LogP contribution in [0.2, 0.25) is 5.02 Å². The van der Waals surface area contributed by atoms with Crippen molar-refractivity contribution in [3.8, 4) is 5.75 Å². The molecule has 0 aromatic heterocycles. The van der Waals surface area contributed by atoms with Gasteiger partial charge in [-0.3, -0.25) is 19.3 Å². The molecule has 1 N–H and O–H groups in total. The van der Waals surface area contributed by atoms with Crippen molar-refractivity contribution in [3.63, 3.8) is 0 Å². The molecule has 8 rings (SSSR count). The van der Waals surface area contributed by atoms with E-state index >= 15 is 0 Å². The number of benzene rings is 2. The summed E-state index contributed by atoms with van der Waals surface area (Å²) in [6.45, 7) is 12.5. The highest BCUT2D eigenvalue weighted by Gasteiger charge is 2.50. The van der Waals surface area contributed by atoms with Gasteiger partial charge in [0.1, 0.15) is 11.4 Å². The molecule has 1 amide bonds. The summed E-state index contributed by atoms with van der Waals surface area (Å²) < 4.78 is 36.7. The third-order valence-corrected chi connectivity index (χ3v) is 16.9. The summed E-state index contributed by atoms with van der Waals surface area (Å²) in [6.07, 6.45) is 14.5. The molecule has 6 aliphatic rings. The van der Waals surface area contributed by atoms with E-state index in [-0.39, 0.29) is 28.4 Å². The lowest BCUT2D eigenvalue weighted by Gasteiger charge is -2.53. The third kappa shape index (κ3) is 8.04. The largest absolute Gasteiger partial charge is 0.490 e. The smallest absolute Gasteiger partial charge is 0.262 e. The second kappa shape index (κ2) is 16.6. The van der Waals surface area contributed by atoms with Gasteiger partial charge < -0.3 is 19.1 Å². The number of hydrogen-bond acceptors (Lipinski definition) is 8. The van der Waals surface area contributed by atoms with Gasteiger partial charge in [-0.25, -0.2) is 4.21 Å². The fourth-order valence-corrected chi connectivity index (χ4v) is 12.5. The summed E-state index contributed by atoms with van der Waals surface area (Å²) in [5.41, 5.74) is 3.25. The number of amides is 1. The van der Waals surface area contributed by atoms with Crippen molar-refractivity contribution in [3.05, 3.63) is 70.3 Å². The zero-order valence-corrected chi connectivity index (χ0v) is 35.4. The van der Waals surface area contributed by atoms with Crippen LogP contribution in [-0.4, -0.2) is 115 Å². The second-order valence-electron chi connectivity index (χ2n) is 17.9. The predicted octanol–water partition coefficient (Wildman–Crippen LogP) is 6.76. The first kappa shape index (κ1) is 40.2. The molecule has 2 aliphatic carbocycles. The lowest BCUT2D eigenvalue weighted by atomic mass is 9.63. The van der Waals surface area contributed by atoms with Crippen LogP contribution in [0.1, 0.15) is 86.7 Å². The molecule has 306 valence electrons. The van der Waals surface area contributed by atoms with Crippen molar-refractivity contribution in [2.75, 3.05) is 77.6 Å². The predicted molar refractivity (Wildman–Crippen MR) is 228 cm³/mol. The number of anilines is 1. The molecule has 9 nitrogen and oxygen atoms in total. The maximum Gasteiger partial charge on any atom is 0.262 e. The zero-order chi connectivity index (χ0) is 39.1. The average Bonchev–Trinajstić information content (AvgIpc) is 3.32. The molecular formula is C45H63ClN4O5S. The van der Waals surface area contributed by atoms with Gasteiger partial charge in [-0.2, -0.15) is 0 Å². The number of nitrogens with one attached hydrogen (secondary N) is 1. The van der Waals surface area contributed by atoms with E-state index in [2.05, 4.69) is 56.5 Å². The molecule has 4 aliphatic heterocycles. The van der Waals surface area contributed by atoms with Crippen molar-refractivity contribution in [1.29, 1.82) is 0 Å². The first-order valence-electron chi connectivity index (χ1n) is 21.2. The summed E-state index contributed by atoms with van der Waals surface area (Å²) in [6, 6.07) is 12.7. The first-order valence-corrected chi connectivity index (χ1v) is 23.4. The van der Waals surface area contributed by atoms with E-state index in [1.165, 1.54) is 36.9 Å². The Balaban J connectivity index is 1.20. The molecule has 1 unspecified atom stereocenters. The number of halogens is 1. The standard InChI is InChI=1S/C45H63ClN4O5S/c1-32-9-7-19-45(55-24-23-53-3,30-48-21-22-49-20-6-5-11-38(49)28-48)40-15-12-36(40)27-50-29-44(18-8-10-34-25-37(46)14-16-39(34)44)31-54-42-17-13-35(26-41(42)50)43(51)47-56(4,52)33(32)2/h7,13-14,16-17,19,25-26,32-33,36,38,40H,4-6,8-12,15,18,20-24,27-31H2,1-3H3,(H,47,51,52)/b19-7+/t32-,33+,36-,38+,40+,44-,45+,56?/m0/s1. The molecule has 2 aromatic carbocycles. The number of nitrogens with zero attached hydrogens (tertiary/aromatic N) is 3. The van der Waals surface area contributed by atoms with E-state index in [4.69, 9.17) is 25.8 Å². The second-order valence-corrected chi connectivity index (χ2v) is 20.8. The lowest BCUT2D eigenvalue weighted by molar-refractivity contribution is -0.127. The van der Waals surface area contributed by atoms with Crippen LogP contribution in [0, 0.1) is 17.8 Å². The Morgan fingerprint density at radius 3 is 2.73 bits per heavy atom. The van der Waals surface area contributed by atoms with E-state index in [9.17, 15) is 9.00 Å². The minimum atomic E-state index is -2.98. The molecule has 2 saturated heterocycles. The summed E-state index contributed by atoms with van der Waals surface area (Å²) in [5, 5.41) is 0.425. The number of methoxy groups -OCH3 is 1. The van der Waals surface area contributed by atoms with E-state index in [1.54, 1.807) is 13.2 Å². The fourth-order valence-electron chi connectivity index (χ4n) is 10.8. The number of allylic oxidation sites excluding steroid dienone is 1. The highest BCUT2D eigenvalue weighted by Crippen LogP contribution is 2.49. The van der Waals surface area contributed by atoms with Crippen LogP contribution in [-0.2, 0) is 31.0 Å². The average molecular weight is 808 g/mol. The number of aryl methyl sites for hydroxylation is 1. The Morgan fingerprint density at radius 1 is 1.04 bits per heavy atom. The van der Waals surface area contributed by atoms with Crippen LogP contribution in [0.5, 0.6) is 5.75 Å². The monoisotopic (exact) mass is 806 g/mol. The van der Waals surface area contributed by atoms with Crippen molar-refractivity contribution in [2.24, 2.45) is 17.8 Å². The van der Waals surface area contributed by atoms with Crippen LogP contribution < -0.4 is 14.4 Å². The van der Waals surface area contributed by atoms with Crippen LogP contribution in [0.3, 0.4) is 0 Å². The molecule has 0 radical (unpaired) electrons. The molecule has 3 fully saturated rings. The maximum absolute atomic E-state index is 14.2. The highest BCUT2D eigenvalue weighted by molar-refractivity contribution is 7.99. The molecule has 2 bridgehead atoms. The summed E-state index contributed by atoms with van der Waals surface area (Å²) in [4.78, 5) is 21.8. The number of ether oxygens (including phenoxy) is 3. The number of hydrogen-bond donors (Lipinski definition) is 1. The van der Waals surface area contributed by atoms with Crippen LogP contribution >= 0.6 is 11.6 Å². The normalized spacial score (nSPS) is 35.9. The third-order valence-electron chi connectivity index (χ3n) is 14.4. The van der Waals surface area contributed by atoms with Gasteiger partial charge in [0.25, 0.3) is 5.91 Å². The van der Waals surface area contributed by atoms with Crippen molar-refractivity contribution in [1.82, 2.24) is 14.5 Å². The Morgan fingerprint density at radius 2 is 1.91 bits per heavy atom. The summed E-state index contributed by atoms with van der Waals surface area (Å²) in [5.74, 6) is 5.18. The van der Waals surface area contributed by atoms with Gasteiger partial charge >= 0.3 is 0 Å². The number of piperidine rings is 1. The lowest BCUT2D eigenvalue weighted by Crippen LogP contribution is -2.61. The van der Waals surface area contributed by atoms with E-state index < -0.39 is 15.3 Å². The van der Waals surface area contributed by atoms with E-state index in [0.717, 1.165) is 87.8 Å². The van der Waals surface area contributed by atoms with Crippen LogP contribution in [0.25, 0.3) is 0 Å². The molecular weight excluding hydrogens is 744 g/mol. The quantitative estimate of drug-likeness (QED) is 0.195. The molecule has 4 heterocycles. The van der Waals surface area contributed by atoms with Gasteiger partial charge in [-0.15, -0.1) is 0 Å². The van der Waals surface area contributed by atoms with E-state index in [0.29, 0.717) is 43.8 Å². The number of fused-ring (bicyclic) bond motifs is 5.